The molecule has 0 aromatic heterocycles. The van der Waals surface area contributed by atoms with Crippen molar-refractivity contribution in [3.05, 3.63) is 17.7 Å². The summed E-state index contributed by atoms with van der Waals surface area (Å²) in [6, 6.07) is 3.45. The van der Waals surface area contributed by atoms with Crippen LogP contribution >= 0.6 is 0 Å². The van der Waals surface area contributed by atoms with Gasteiger partial charge in [-0.1, -0.05) is 13.8 Å². The smallest absolute Gasteiger partial charge is 0.121 e. The lowest BCUT2D eigenvalue weighted by molar-refractivity contribution is 0.465. The fourth-order valence-corrected chi connectivity index (χ4v) is 1.41. The first-order chi connectivity index (χ1) is 7.10. The van der Waals surface area contributed by atoms with Gasteiger partial charge in [0.05, 0.1) is 11.4 Å². The fraction of sp³-hybridized carbons (Fsp3) is 0.333. The van der Waals surface area contributed by atoms with Crippen LogP contribution in [0.3, 0.4) is 0 Å². The van der Waals surface area contributed by atoms with Crippen molar-refractivity contribution < 1.29 is 5.11 Å². The molecule has 3 heteroatoms. The number of aliphatic imine (C=N–C) groups is 2. The third-order valence-corrected chi connectivity index (χ3v) is 2.18. The first kappa shape index (κ1) is 11.4. The standard InChI is InChI=1S/C12H16N2O/c1-5-14-11-7-12(15)9(8(2)3)6-10(11)13-4/h5-8,15H,4H2,1-3H3/b14-5-. The fourth-order valence-electron chi connectivity index (χ4n) is 1.41. The SMILES string of the molecule is C=Nc1cc(C(C)C)c(O)cc1/N=C\C. The first-order valence-electron chi connectivity index (χ1n) is 4.92. The molecule has 0 atom stereocenters. The Morgan fingerprint density at radius 2 is 2.00 bits per heavy atom. The average Bonchev–Trinajstić information content (AvgIpc) is 2.18. The second-order valence-corrected chi connectivity index (χ2v) is 3.60. The van der Waals surface area contributed by atoms with Gasteiger partial charge in [0.25, 0.3) is 0 Å². The van der Waals surface area contributed by atoms with Crippen LogP contribution < -0.4 is 0 Å². The molecular formula is C12H16N2O. The van der Waals surface area contributed by atoms with E-state index in [2.05, 4.69) is 16.7 Å². The lowest BCUT2D eigenvalue weighted by Gasteiger charge is -2.10. The van der Waals surface area contributed by atoms with E-state index < -0.39 is 0 Å². The van der Waals surface area contributed by atoms with Crippen LogP contribution in [0.25, 0.3) is 0 Å². The molecule has 0 unspecified atom stereocenters. The Morgan fingerprint density at radius 1 is 1.33 bits per heavy atom. The highest BCUT2D eigenvalue weighted by Crippen LogP contribution is 2.37. The minimum Gasteiger partial charge on any atom is -0.508 e. The van der Waals surface area contributed by atoms with Gasteiger partial charge in [0.1, 0.15) is 5.75 Å². The summed E-state index contributed by atoms with van der Waals surface area (Å²) < 4.78 is 0. The molecule has 0 saturated carbocycles. The van der Waals surface area contributed by atoms with Crippen LogP contribution in [0.15, 0.2) is 22.1 Å². The van der Waals surface area contributed by atoms with E-state index in [4.69, 9.17) is 0 Å². The molecular weight excluding hydrogens is 188 g/mol. The number of rotatable bonds is 3. The van der Waals surface area contributed by atoms with Gasteiger partial charge in [-0.05, 0) is 31.2 Å². The lowest BCUT2D eigenvalue weighted by atomic mass is 10.0. The molecule has 3 nitrogen and oxygen atoms in total. The summed E-state index contributed by atoms with van der Waals surface area (Å²) in [5.41, 5.74) is 2.22. The van der Waals surface area contributed by atoms with Crippen molar-refractivity contribution in [2.24, 2.45) is 9.98 Å². The molecule has 0 heterocycles. The quantitative estimate of drug-likeness (QED) is 0.751. The topological polar surface area (TPSA) is 45.0 Å². The molecule has 1 aromatic carbocycles. The van der Waals surface area contributed by atoms with Crippen molar-refractivity contribution in [1.82, 2.24) is 0 Å². The zero-order chi connectivity index (χ0) is 11.4. The Balaban J connectivity index is 3.35. The molecule has 0 aliphatic heterocycles. The van der Waals surface area contributed by atoms with Gasteiger partial charge in [-0.15, -0.1) is 0 Å². The molecule has 0 aliphatic rings. The van der Waals surface area contributed by atoms with E-state index >= 15 is 0 Å². The second kappa shape index (κ2) is 4.73. The normalized spacial score (nSPS) is 11.2. The minimum absolute atomic E-state index is 0.255. The van der Waals surface area contributed by atoms with Gasteiger partial charge < -0.3 is 5.11 Å². The van der Waals surface area contributed by atoms with E-state index in [0.717, 1.165) is 5.56 Å². The van der Waals surface area contributed by atoms with Crippen LogP contribution in [0.4, 0.5) is 11.4 Å². The summed E-state index contributed by atoms with van der Waals surface area (Å²) >= 11 is 0. The van der Waals surface area contributed by atoms with E-state index in [0.29, 0.717) is 11.4 Å². The van der Waals surface area contributed by atoms with Crippen molar-refractivity contribution in [2.45, 2.75) is 26.7 Å². The zero-order valence-corrected chi connectivity index (χ0v) is 9.36. The predicted octanol–water partition coefficient (Wildman–Crippen LogP) is 3.57. The van der Waals surface area contributed by atoms with Crippen LogP contribution in [0.1, 0.15) is 32.3 Å². The molecule has 1 N–H and O–H groups in total. The van der Waals surface area contributed by atoms with Crippen LogP contribution in [0.2, 0.25) is 0 Å². The summed E-state index contributed by atoms with van der Waals surface area (Å²) in [6.07, 6.45) is 1.67. The lowest BCUT2D eigenvalue weighted by Crippen LogP contribution is -1.88. The third-order valence-electron chi connectivity index (χ3n) is 2.18. The van der Waals surface area contributed by atoms with Crippen molar-refractivity contribution in [3.8, 4) is 5.75 Å². The highest BCUT2D eigenvalue weighted by atomic mass is 16.3. The molecule has 0 radical (unpaired) electrons. The van der Waals surface area contributed by atoms with Crippen LogP contribution in [-0.2, 0) is 0 Å². The second-order valence-electron chi connectivity index (χ2n) is 3.60. The third kappa shape index (κ3) is 2.43. The summed E-state index contributed by atoms with van der Waals surface area (Å²) in [4.78, 5) is 8.02. The molecule has 0 aliphatic carbocycles. The predicted molar refractivity (Wildman–Crippen MR) is 65.2 cm³/mol. The molecule has 0 spiro atoms. The average molecular weight is 204 g/mol. The molecule has 80 valence electrons. The van der Waals surface area contributed by atoms with E-state index in [-0.39, 0.29) is 11.7 Å². The van der Waals surface area contributed by atoms with Crippen molar-refractivity contribution >= 4 is 24.3 Å². The van der Waals surface area contributed by atoms with E-state index in [1.165, 1.54) is 0 Å². The van der Waals surface area contributed by atoms with E-state index in [1.807, 2.05) is 26.8 Å². The molecule has 1 rings (SSSR count). The van der Waals surface area contributed by atoms with E-state index in [9.17, 15) is 5.11 Å². The van der Waals surface area contributed by atoms with Gasteiger partial charge in [0.2, 0.25) is 0 Å². The highest BCUT2D eigenvalue weighted by Gasteiger charge is 2.10. The number of nitrogens with zero attached hydrogens (tertiary/aromatic N) is 2. The summed E-state index contributed by atoms with van der Waals surface area (Å²) in [6.45, 7) is 9.36. The number of hydrogen-bond donors (Lipinski definition) is 1. The maximum absolute atomic E-state index is 9.77. The number of phenols is 1. The Kier molecular flexibility index (Phi) is 3.61. The van der Waals surface area contributed by atoms with Crippen LogP contribution in [-0.4, -0.2) is 18.0 Å². The van der Waals surface area contributed by atoms with Gasteiger partial charge in [0.15, 0.2) is 0 Å². The zero-order valence-electron chi connectivity index (χ0n) is 9.36. The Hall–Kier alpha value is -1.64. The number of hydrogen-bond acceptors (Lipinski definition) is 3. The maximum atomic E-state index is 9.77. The van der Waals surface area contributed by atoms with Crippen LogP contribution in [0, 0.1) is 0 Å². The monoisotopic (exact) mass is 204 g/mol. The van der Waals surface area contributed by atoms with Crippen molar-refractivity contribution in [1.29, 1.82) is 0 Å². The molecule has 0 saturated heterocycles. The van der Waals surface area contributed by atoms with Crippen LogP contribution in [0.5, 0.6) is 5.75 Å². The van der Waals surface area contributed by atoms with Crippen molar-refractivity contribution in [2.75, 3.05) is 0 Å². The summed E-state index contributed by atoms with van der Waals surface area (Å²) in [5, 5.41) is 9.77. The summed E-state index contributed by atoms with van der Waals surface area (Å²) in [5.74, 6) is 0.517. The Morgan fingerprint density at radius 3 is 2.47 bits per heavy atom. The van der Waals surface area contributed by atoms with E-state index in [1.54, 1.807) is 12.3 Å². The Labute approximate surface area is 90.2 Å². The largest absolute Gasteiger partial charge is 0.508 e. The van der Waals surface area contributed by atoms with Gasteiger partial charge >= 0.3 is 0 Å². The molecule has 0 fully saturated rings. The molecule has 1 aromatic rings. The van der Waals surface area contributed by atoms with Crippen molar-refractivity contribution in [3.63, 3.8) is 0 Å². The number of benzene rings is 1. The Bertz CT molecular complexity index is 395. The summed E-state index contributed by atoms with van der Waals surface area (Å²) in [7, 11) is 0. The molecule has 0 amide bonds. The highest BCUT2D eigenvalue weighted by molar-refractivity contribution is 5.73. The minimum atomic E-state index is 0.255. The molecule has 0 bridgehead atoms. The first-order valence-corrected chi connectivity index (χ1v) is 4.92. The van der Waals surface area contributed by atoms with Gasteiger partial charge in [-0.2, -0.15) is 0 Å². The molecule has 15 heavy (non-hydrogen) atoms. The number of aromatic hydroxyl groups is 1. The van der Waals surface area contributed by atoms with Gasteiger partial charge in [-0.25, -0.2) is 0 Å². The van der Waals surface area contributed by atoms with Gasteiger partial charge in [-0.3, -0.25) is 9.98 Å². The number of phenolic OH excluding ortho intramolecular Hbond substituents is 1. The van der Waals surface area contributed by atoms with Gasteiger partial charge in [0, 0.05) is 12.3 Å². The maximum Gasteiger partial charge on any atom is 0.121 e.